The van der Waals surface area contributed by atoms with E-state index < -0.39 is 0 Å². The molecule has 4 heteroatoms. The predicted octanol–water partition coefficient (Wildman–Crippen LogP) is 5.01. The fourth-order valence-corrected chi connectivity index (χ4v) is 2.13. The van der Waals surface area contributed by atoms with Crippen LogP contribution in [0, 0.1) is 22.7 Å². The minimum Gasteiger partial charge on any atom is -0.453 e. The van der Waals surface area contributed by atoms with Crippen LogP contribution in [0.15, 0.2) is 72.8 Å². The topological polar surface area (TPSA) is 66.0 Å². The molecule has 24 heavy (non-hydrogen) atoms. The Balaban J connectivity index is 1.88. The van der Waals surface area contributed by atoms with Gasteiger partial charge in [-0.25, -0.2) is 0 Å². The molecule has 0 aliphatic rings. The highest BCUT2D eigenvalue weighted by molar-refractivity contribution is 5.47. The molecule has 0 radical (unpaired) electrons. The van der Waals surface area contributed by atoms with Crippen molar-refractivity contribution < 1.29 is 9.47 Å². The molecule has 3 aromatic carbocycles. The van der Waals surface area contributed by atoms with Crippen molar-refractivity contribution in [1.29, 1.82) is 10.5 Å². The van der Waals surface area contributed by atoms with E-state index in [1.807, 2.05) is 12.1 Å². The van der Waals surface area contributed by atoms with Crippen molar-refractivity contribution in [2.45, 2.75) is 0 Å². The average Bonchev–Trinajstić information content (AvgIpc) is 2.64. The standard InChI is InChI=1S/C20H12N2O2/c21-13-15-5-3-7-17(11-15)23-19-9-1-2-10-20(19)24-18-8-4-6-16(12-18)14-22/h1-12H. The van der Waals surface area contributed by atoms with Gasteiger partial charge in [-0.05, 0) is 48.5 Å². The maximum Gasteiger partial charge on any atom is 0.169 e. The zero-order valence-electron chi connectivity index (χ0n) is 12.6. The van der Waals surface area contributed by atoms with Crippen LogP contribution >= 0.6 is 0 Å². The van der Waals surface area contributed by atoms with E-state index in [4.69, 9.17) is 20.0 Å². The predicted molar refractivity (Wildman–Crippen MR) is 88.9 cm³/mol. The first kappa shape index (κ1) is 15.1. The van der Waals surface area contributed by atoms with Crippen molar-refractivity contribution in [2.24, 2.45) is 0 Å². The molecule has 4 nitrogen and oxygen atoms in total. The SMILES string of the molecule is N#Cc1cccc(Oc2ccccc2Oc2cccc(C#N)c2)c1. The molecule has 0 aliphatic carbocycles. The maximum atomic E-state index is 8.97. The summed E-state index contributed by atoms with van der Waals surface area (Å²) < 4.78 is 11.7. The van der Waals surface area contributed by atoms with Gasteiger partial charge in [-0.2, -0.15) is 10.5 Å². The number of rotatable bonds is 4. The van der Waals surface area contributed by atoms with Crippen LogP contribution in [0.5, 0.6) is 23.0 Å². The van der Waals surface area contributed by atoms with E-state index in [1.165, 1.54) is 0 Å². The van der Waals surface area contributed by atoms with Gasteiger partial charge in [-0.3, -0.25) is 0 Å². The van der Waals surface area contributed by atoms with Crippen molar-refractivity contribution >= 4 is 0 Å². The molecule has 114 valence electrons. The van der Waals surface area contributed by atoms with Crippen LogP contribution in [0.1, 0.15) is 11.1 Å². The lowest BCUT2D eigenvalue weighted by Gasteiger charge is -2.12. The van der Waals surface area contributed by atoms with Crippen molar-refractivity contribution in [1.82, 2.24) is 0 Å². The summed E-state index contributed by atoms with van der Waals surface area (Å²) in [4.78, 5) is 0. The molecule has 0 spiro atoms. The Morgan fingerprint density at radius 3 is 1.46 bits per heavy atom. The van der Waals surface area contributed by atoms with Crippen molar-refractivity contribution in [2.75, 3.05) is 0 Å². The Bertz CT molecular complexity index is 874. The van der Waals surface area contributed by atoms with E-state index in [2.05, 4.69) is 12.1 Å². The molecule has 3 rings (SSSR count). The highest BCUT2D eigenvalue weighted by Crippen LogP contribution is 2.34. The number of nitrogens with zero attached hydrogens (tertiary/aromatic N) is 2. The third-order valence-corrected chi connectivity index (χ3v) is 3.23. The Morgan fingerprint density at radius 1 is 0.583 bits per heavy atom. The van der Waals surface area contributed by atoms with Crippen LogP contribution < -0.4 is 9.47 Å². The van der Waals surface area contributed by atoms with Crippen LogP contribution in [0.2, 0.25) is 0 Å². The Kier molecular flexibility index (Phi) is 4.42. The normalized spacial score (nSPS) is 9.58. The van der Waals surface area contributed by atoms with Crippen molar-refractivity contribution in [3.63, 3.8) is 0 Å². The molecule has 0 aliphatic heterocycles. The Morgan fingerprint density at radius 2 is 1.04 bits per heavy atom. The summed E-state index contributed by atoms with van der Waals surface area (Å²) in [5, 5.41) is 17.9. The van der Waals surface area contributed by atoms with Crippen LogP contribution in [0.25, 0.3) is 0 Å². The molecule has 0 unspecified atom stereocenters. The van der Waals surface area contributed by atoms with E-state index in [0.717, 1.165) is 0 Å². The highest BCUT2D eigenvalue weighted by atomic mass is 16.5. The molecule has 0 N–H and O–H groups in total. The van der Waals surface area contributed by atoms with Gasteiger partial charge in [0.1, 0.15) is 11.5 Å². The summed E-state index contributed by atoms with van der Waals surface area (Å²) in [5.74, 6) is 2.15. The van der Waals surface area contributed by atoms with Gasteiger partial charge in [0.15, 0.2) is 11.5 Å². The number of benzene rings is 3. The Hall–Kier alpha value is -3.76. The van der Waals surface area contributed by atoms with E-state index in [0.29, 0.717) is 34.1 Å². The zero-order valence-corrected chi connectivity index (χ0v) is 12.6. The largest absolute Gasteiger partial charge is 0.453 e. The first-order valence-electron chi connectivity index (χ1n) is 7.23. The van der Waals surface area contributed by atoms with E-state index in [1.54, 1.807) is 60.7 Å². The molecule has 0 saturated heterocycles. The van der Waals surface area contributed by atoms with Crippen molar-refractivity contribution in [3.8, 4) is 35.1 Å². The third kappa shape index (κ3) is 3.52. The van der Waals surface area contributed by atoms with Gasteiger partial charge in [-0.1, -0.05) is 24.3 Å². The van der Waals surface area contributed by atoms with Crippen molar-refractivity contribution in [3.05, 3.63) is 83.9 Å². The summed E-state index contributed by atoms with van der Waals surface area (Å²) in [6.07, 6.45) is 0. The summed E-state index contributed by atoms with van der Waals surface area (Å²) in [6.45, 7) is 0. The van der Waals surface area contributed by atoms with Gasteiger partial charge in [0.25, 0.3) is 0 Å². The van der Waals surface area contributed by atoms with Gasteiger partial charge < -0.3 is 9.47 Å². The molecule has 0 atom stereocenters. The number of ether oxygens (including phenoxy) is 2. The fourth-order valence-electron chi connectivity index (χ4n) is 2.13. The lowest BCUT2D eigenvalue weighted by Crippen LogP contribution is -1.91. The van der Waals surface area contributed by atoms with Gasteiger partial charge in [0.05, 0.1) is 23.3 Å². The van der Waals surface area contributed by atoms with Gasteiger partial charge in [0.2, 0.25) is 0 Å². The first-order valence-corrected chi connectivity index (χ1v) is 7.23. The molecule has 0 saturated carbocycles. The molecule has 3 aromatic rings. The molecule has 0 fully saturated rings. The molecular formula is C20H12N2O2. The summed E-state index contributed by atoms with van der Waals surface area (Å²) >= 11 is 0. The summed E-state index contributed by atoms with van der Waals surface area (Å²) in [6, 6.07) is 25.2. The second-order valence-electron chi connectivity index (χ2n) is 4.93. The van der Waals surface area contributed by atoms with E-state index in [9.17, 15) is 0 Å². The smallest absolute Gasteiger partial charge is 0.169 e. The lowest BCUT2D eigenvalue weighted by atomic mass is 10.2. The Labute approximate surface area is 139 Å². The summed E-state index contributed by atoms with van der Waals surface area (Å²) in [7, 11) is 0. The van der Waals surface area contributed by atoms with Gasteiger partial charge in [-0.15, -0.1) is 0 Å². The van der Waals surface area contributed by atoms with E-state index in [-0.39, 0.29) is 0 Å². The molecular weight excluding hydrogens is 300 g/mol. The number of hydrogen-bond donors (Lipinski definition) is 0. The summed E-state index contributed by atoms with van der Waals surface area (Å²) in [5.41, 5.74) is 1.04. The molecule has 0 amide bonds. The monoisotopic (exact) mass is 312 g/mol. The van der Waals surface area contributed by atoms with Crippen LogP contribution in [-0.4, -0.2) is 0 Å². The van der Waals surface area contributed by atoms with Crippen LogP contribution in [0.3, 0.4) is 0 Å². The average molecular weight is 312 g/mol. The third-order valence-electron chi connectivity index (χ3n) is 3.23. The van der Waals surface area contributed by atoms with E-state index >= 15 is 0 Å². The lowest BCUT2D eigenvalue weighted by molar-refractivity contribution is 0.418. The first-order chi connectivity index (χ1) is 11.8. The van der Waals surface area contributed by atoms with Crippen LogP contribution in [-0.2, 0) is 0 Å². The number of hydrogen-bond acceptors (Lipinski definition) is 4. The van der Waals surface area contributed by atoms with Gasteiger partial charge in [0, 0.05) is 0 Å². The maximum absolute atomic E-state index is 8.97. The molecule has 0 heterocycles. The quantitative estimate of drug-likeness (QED) is 0.679. The fraction of sp³-hybridized carbons (Fsp3) is 0. The van der Waals surface area contributed by atoms with Gasteiger partial charge >= 0.3 is 0 Å². The highest BCUT2D eigenvalue weighted by Gasteiger charge is 2.08. The second-order valence-corrected chi connectivity index (χ2v) is 4.93. The zero-order chi connectivity index (χ0) is 16.8. The number of nitriles is 2. The minimum absolute atomic E-state index is 0.521. The number of para-hydroxylation sites is 2. The molecule has 0 bridgehead atoms. The molecule has 0 aromatic heterocycles. The minimum atomic E-state index is 0.521. The second kappa shape index (κ2) is 7.00. The van der Waals surface area contributed by atoms with Crippen LogP contribution in [0.4, 0.5) is 0 Å².